The van der Waals surface area contributed by atoms with Crippen molar-refractivity contribution in [2.45, 2.75) is 18.6 Å². The minimum atomic E-state index is -0.483. The molecule has 1 aliphatic heterocycles. The number of carbonyl (C=O) groups excluding carboxylic acids is 1. The molecular weight excluding hydrogens is 306 g/mol. The Morgan fingerprint density at radius 3 is 2.83 bits per heavy atom. The summed E-state index contributed by atoms with van der Waals surface area (Å²) < 4.78 is 6.18. The van der Waals surface area contributed by atoms with Gasteiger partial charge in [-0.3, -0.25) is 10.0 Å². The summed E-state index contributed by atoms with van der Waals surface area (Å²) in [4.78, 5) is 14.3. The number of ether oxygens (including phenoxy) is 1. The molecule has 6 nitrogen and oxygen atoms in total. The Morgan fingerprint density at radius 2 is 2.17 bits per heavy atom. The molecule has 1 heterocycles. The first-order valence-electron chi connectivity index (χ1n) is 8.00. The van der Waals surface area contributed by atoms with Crippen molar-refractivity contribution >= 4 is 5.91 Å². The molecule has 0 bridgehead atoms. The first kappa shape index (κ1) is 16.5. The van der Waals surface area contributed by atoms with Gasteiger partial charge in [0.05, 0.1) is 5.92 Å². The van der Waals surface area contributed by atoms with Crippen molar-refractivity contribution in [1.82, 2.24) is 15.7 Å². The molecule has 0 fully saturated rings. The Morgan fingerprint density at radius 1 is 1.38 bits per heavy atom. The van der Waals surface area contributed by atoms with E-state index in [1.54, 1.807) is 0 Å². The van der Waals surface area contributed by atoms with Crippen molar-refractivity contribution in [3.63, 3.8) is 0 Å². The number of allylic oxidation sites excluding steroid dienone is 1. The molecule has 1 amide bonds. The summed E-state index contributed by atoms with van der Waals surface area (Å²) in [5.41, 5.74) is 4.73. The second-order valence-corrected chi connectivity index (χ2v) is 6.36. The van der Waals surface area contributed by atoms with E-state index in [4.69, 9.17) is 4.74 Å². The quantitative estimate of drug-likeness (QED) is 0.575. The summed E-state index contributed by atoms with van der Waals surface area (Å²) in [6, 6.07) is 5.85. The van der Waals surface area contributed by atoms with Crippen molar-refractivity contribution in [1.29, 1.82) is 0 Å². The number of likely N-dealkylation sites (N-methyl/N-ethyl adjacent to an activating group) is 1. The molecule has 3 rings (SSSR count). The van der Waals surface area contributed by atoms with Gasteiger partial charge in [-0.1, -0.05) is 18.2 Å². The number of nitrogens with one attached hydrogen (secondary N) is 2. The van der Waals surface area contributed by atoms with E-state index in [-0.39, 0.29) is 12.0 Å². The molecule has 6 heteroatoms. The molecule has 1 aromatic rings. The van der Waals surface area contributed by atoms with Gasteiger partial charge in [0.25, 0.3) is 5.91 Å². The Kier molecular flexibility index (Phi) is 4.59. The summed E-state index contributed by atoms with van der Waals surface area (Å²) in [5.74, 6) is -0.350. The molecule has 2 aliphatic rings. The highest BCUT2D eigenvalue weighted by molar-refractivity contribution is 5.85. The molecule has 1 aliphatic carbocycles. The molecule has 0 aromatic heterocycles. The van der Waals surface area contributed by atoms with E-state index in [9.17, 15) is 10.0 Å². The van der Waals surface area contributed by atoms with Crippen LogP contribution in [-0.4, -0.2) is 43.3 Å². The molecule has 3 unspecified atom stereocenters. The highest BCUT2D eigenvalue weighted by atomic mass is 16.5. The SMILES string of the molecule is CNCc1ccc2c(c1)OC1C=C(N(C)C)C=CC1C2C(=O)NO. The van der Waals surface area contributed by atoms with Crippen LogP contribution in [0.1, 0.15) is 17.0 Å². The molecular formula is C18H23N3O3. The van der Waals surface area contributed by atoms with E-state index in [1.807, 2.05) is 68.0 Å². The summed E-state index contributed by atoms with van der Waals surface area (Å²) >= 11 is 0. The van der Waals surface area contributed by atoms with Gasteiger partial charge in [-0.05, 0) is 30.8 Å². The summed E-state index contributed by atoms with van der Waals surface area (Å²) in [5, 5.41) is 12.3. The third-order valence-corrected chi connectivity index (χ3v) is 4.55. The fourth-order valence-corrected chi connectivity index (χ4v) is 3.36. The number of hydrogen-bond donors (Lipinski definition) is 3. The number of nitrogens with zero attached hydrogens (tertiary/aromatic N) is 1. The zero-order valence-corrected chi connectivity index (χ0v) is 14.1. The van der Waals surface area contributed by atoms with Gasteiger partial charge in [-0.2, -0.15) is 0 Å². The summed E-state index contributed by atoms with van der Waals surface area (Å²) in [7, 11) is 5.82. The van der Waals surface area contributed by atoms with Crippen LogP contribution in [0.2, 0.25) is 0 Å². The maximum atomic E-state index is 12.3. The normalized spacial score (nSPS) is 24.3. The van der Waals surface area contributed by atoms with E-state index in [0.29, 0.717) is 5.75 Å². The van der Waals surface area contributed by atoms with Gasteiger partial charge in [0.2, 0.25) is 0 Å². The van der Waals surface area contributed by atoms with Gasteiger partial charge in [-0.25, -0.2) is 5.48 Å². The molecule has 0 saturated carbocycles. The van der Waals surface area contributed by atoms with E-state index in [2.05, 4.69) is 5.32 Å². The number of hydrogen-bond acceptors (Lipinski definition) is 5. The molecule has 128 valence electrons. The van der Waals surface area contributed by atoms with Gasteiger partial charge < -0.3 is 15.0 Å². The molecule has 0 spiro atoms. The lowest BCUT2D eigenvalue weighted by molar-refractivity contribution is -0.132. The average molecular weight is 329 g/mol. The van der Waals surface area contributed by atoms with Crippen LogP contribution >= 0.6 is 0 Å². The van der Waals surface area contributed by atoms with Gasteiger partial charge in [0.15, 0.2) is 0 Å². The monoisotopic (exact) mass is 329 g/mol. The zero-order valence-electron chi connectivity index (χ0n) is 14.1. The van der Waals surface area contributed by atoms with Gasteiger partial charge in [-0.15, -0.1) is 0 Å². The number of benzene rings is 1. The highest BCUT2D eigenvalue weighted by Crippen LogP contribution is 2.43. The molecule has 0 radical (unpaired) electrons. The highest BCUT2D eigenvalue weighted by Gasteiger charge is 2.41. The van der Waals surface area contributed by atoms with E-state index >= 15 is 0 Å². The number of amides is 1. The van der Waals surface area contributed by atoms with Crippen molar-refractivity contribution in [2.24, 2.45) is 5.92 Å². The maximum Gasteiger partial charge on any atom is 0.251 e. The van der Waals surface area contributed by atoms with E-state index in [1.165, 1.54) is 0 Å². The largest absolute Gasteiger partial charge is 0.485 e. The predicted molar refractivity (Wildman–Crippen MR) is 90.7 cm³/mol. The predicted octanol–water partition coefficient (Wildman–Crippen LogP) is 1.39. The third-order valence-electron chi connectivity index (χ3n) is 4.55. The molecule has 3 atom stereocenters. The Labute approximate surface area is 141 Å². The van der Waals surface area contributed by atoms with Crippen LogP contribution < -0.4 is 15.5 Å². The van der Waals surface area contributed by atoms with Crippen LogP contribution in [0.5, 0.6) is 5.75 Å². The molecule has 3 N–H and O–H groups in total. The number of fused-ring (bicyclic) bond motifs is 2. The van der Waals surface area contributed by atoms with Crippen LogP contribution in [0.3, 0.4) is 0 Å². The second-order valence-electron chi connectivity index (χ2n) is 6.36. The molecule has 0 saturated heterocycles. The van der Waals surface area contributed by atoms with Crippen molar-refractivity contribution in [2.75, 3.05) is 21.1 Å². The topological polar surface area (TPSA) is 73.8 Å². The lowest BCUT2D eigenvalue weighted by atomic mass is 9.77. The molecule has 24 heavy (non-hydrogen) atoms. The van der Waals surface area contributed by atoms with Crippen molar-refractivity contribution in [3.05, 3.63) is 53.3 Å². The van der Waals surface area contributed by atoms with Crippen LogP contribution in [0.15, 0.2) is 42.1 Å². The first-order chi connectivity index (χ1) is 11.5. The van der Waals surface area contributed by atoms with Crippen molar-refractivity contribution < 1.29 is 14.7 Å². The van der Waals surface area contributed by atoms with Gasteiger partial charge >= 0.3 is 0 Å². The lowest BCUT2D eigenvalue weighted by Crippen LogP contribution is -2.42. The number of hydroxylamine groups is 1. The van der Waals surface area contributed by atoms with Gasteiger partial charge in [0.1, 0.15) is 11.9 Å². The number of carbonyl (C=O) groups is 1. The Balaban J connectivity index is 2.03. The zero-order chi connectivity index (χ0) is 17.3. The maximum absolute atomic E-state index is 12.3. The minimum Gasteiger partial charge on any atom is -0.485 e. The lowest BCUT2D eigenvalue weighted by Gasteiger charge is -2.38. The first-order valence-corrected chi connectivity index (χ1v) is 8.00. The summed E-state index contributed by atoms with van der Waals surface area (Å²) in [6.07, 6.45) is 5.76. The fraction of sp³-hybridized carbons (Fsp3) is 0.389. The third kappa shape index (κ3) is 2.90. The molecule has 1 aromatic carbocycles. The van der Waals surface area contributed by atoms with Crippen LogP contribution in [-0.2, 0) is 11.3 Å². The standard InChI is InChI=1S/C18H23N3O3/c1-19-10-11-4-6-13-15(8-11)24-16-9-12(21(2)3)5-7-14(16)17(13)18(22)20-23/h4-9,14,16-17,19,23H,10H2,1-3H3,(H,20,22). The van der Waals surface area contributed by atoms with Crippen LogP contribution in [0, 0.1) is 5.92 Å². The Bertz CT molecular complexity index is 697. The van der Waals surface area contributed by atoms with Crippen molar-refractivity contribution in [3.8, 4) is 5.75 Å². The average Bonchev–Trinajstić information content (AvgIpc) is 2.58. The number of rotatable bonds is 4. The van der Waals surface area contributed by atoms with Gasteiger partial charge in [0, 0.05) is 37.8 Å². The van der Waals surface area contributed by atoms with E-state index < -0.39 is 11.8 Å². The Hall–Kier alpha value is -2.31. The minimum absolute atomic E-state index is 0.150. The fourth-order valence-electron chi connectivity index (χ4n) is 3.36. The summed E-state index contributed by atoms with van der Waals surface area (Å²) in [6.45, 7) is 0.723. The van der Waals surface area contributed by atoms with Crippen LogP contribution in [0.4, 0.5) is 0 Å². The smallest absolute Gasteiger partial charge is 0.251 e. The van der Waals surface area contributed by atoms with E-state index in [0.717, 1.165) is 23.4 Å². The van der Waals surface area contributed by atoms with Crippen LogP contribution in [0.25, 0.3) is 0 Å². The second kappa shape index (κ2) is 6.67.